The molecule has 0 aliphatic carbocycles. The Morgan fingerprint density at radius 1 is 1.24 bits per heavy atom. The van der Waals surface area contributed by atoms with E-state index in [2.05, 4.69) is 26.2 Å². The predicted octanol–water partition coefficient (Wildman–Crippen LogP) is 4.38. The lowest BCUT2D eigenvalue weighted by atomic mass is 10.1. The molecule has 0 aliphatic heterocycles. The van der Waals surface area contributed by atoms with E-state index in [0.717, 1.165) is 15.4 Å². The van der Waals surface area contributed by atoms with Crippen molar-refractivity contribution in [1.29, 1.82) is 0 Å². The van der Waals surface area contributed by atoms with Crippen LogP contribution in [0.2, 0.25) is 0 Å². The Hall–Kier alpha value is -2.47. The van der Waals surface area contributed by atoms with Gasteiger partial charge in [-0.3, -0.25) is 9.78 Å². The lowest BCUT2D eigenvalue weighted by Gasteiger charge is -2.10. The highest BCUT2D eigenvalue weighted by Crippen LogP contribution is 2.22. The number of fused-ring (bicyclic) bond motifs is 1. The fourth-order valence-electron chi connectivity index (χ4n) is 2.56. The molecule has 0 radical (unpaired) electrons. The number of hydrogen-bond acceptors (Lipinski definition) is 3. The van der Waals surface area contributed by atoms with Crippen LogP contribution in [-0.4, -0.2) is 18.0 Å². The number of amides is 1. The maximum absolute atomic E-state index is 13.8. The van der Waals surface area contributed by atoms with Gasteiger partial charge in [-0.15, -0.1) is 0 Å². The molecule has 2 aromatic carbocycles. The van der Waals surface area contributed by atoms with Gasteiger partial charge in [0.15, 0.2) is 0 Å². The Morgan fingerprint density at radius 2 is 2.04 bits per heavy atom. The number of carbonyl (C=O) groups is 1. The van der Waals surface area contributed by atoms with Gasteiger partial charge in [0, 0.05) is 22.0 Å². The van der Waals surface area contributed by atoms with E-state index >= 15 is 0 Å². The molecule has 0 unspecified atom stereocenters. The van der Waals surface area contributed by atoms with Crippen LogP contribution in [-0.2, 0) is 6.54 Å². The van der Waals surface area contributed by atoms with Gasteiger partial charge >= 0.3 is 0 Å². The summed E-state index contributed by atoms with van der Waals surface area (Å²) in [7, 11) is 1.59. The van der Waals surface area contributed by atoms with Crippen molar-refractivity contribution in [1.82, 2.24) is 10.3 Å². The second kappa shape index (κ2) is 7.19. The van der Waals surface area contributed by atoms with Crippen LogP contribution in [0, 0.1) is 12.7 Å². The molecule has 0 spiro atoms. The Labute approximate surface area is 153 Å². The molecule has 0 fully saturated rings. The van der Waals surface area contributed by atoms with E-state index in [-0.39, 0.29) is 18.3 Å². The number of ether oxygens (including phenoxy) is 1. The van der Waals surface area contributed by atoms with Gasteiger partial charge in [-0.05, 0) is 49.4 Å². The molecule has 3 rings (SSSR count). The first-order valence-electron chi connectivity index (χ1n) is 7.65. The van der Waals surface area contributed by atoms with Crippen LogP contribution in [0.25, 0.3) is 10.9 Å². The molecule has 0 bridgehead atoms. The first-order chi connectivity index (χ1) is 12.0. The maximum atomic E-state index is 13.8. The second-order valence-electron chi connectivity index (χ2n) is 5.60. The topological polar surface area (TPSA) is 51.2 Å². The summed E-state index contributed by atoms with van der Waals surface area (Å²) >= 11 is 3.30. The summed E-state index contributed by atoms with van der Waals surface area (Å²) < 4.78 is 19.8. The summed E-state index contributed by atoms with van der Waals surface area (Å²) in [6, 6.07) is 11.9. The molecule has 0 atom stereocenters. The standard InChI is InChI=1S/C19H16BrFN2O2/c1-11-16(9-12-8-15(25-2)4-6-18(12)23-11)19(24)22-10-13-7-14(20)3-5-17(13)21/h3-9H,10H2,1-2H3,(H,22,24). The zero-order valence-electron chi connectivity index (χ0n) is 13.8. The number of aromatic nitrogens is 1. The van der Waals surface area contributed by atoms with E-state index in [0.29, 0.717) is 22.6 Å². The van der Waals surface area contributed by atoms with Gasteiger partial charge in [0.25, 0.3) is 5.91 Å². The van der Waals surface area contributed by atoms with Crippen molar-refractivity contribution in [3.63, 3.8) is 0 Å². The van der Waals surface area contributed by atoms with Crippen LogP contribution in [0.4, 0.5) is 4.39 Å². The van der Waals surface area contributed by atoms with Crippen LogP contribution < -0.4 is 10.1 Å². The number of methoxy groups -OCH3 is 1. The highest BCUT2D eigenvalue weighted by Gasteiger charge is 2.13. The number of halogens is 2. The number of nitrogens with one attached hydrogen (secondary N) is 1. The minimum Gasteiger partial charge on any atom is -0.497 e. The minimum atomic E-state index is -0.360. The third-order valence-corrected chi connectivity index (χ3v) is 4.40. The predicted molar refractivity (Wildman–Crippen MR) is 98.3 cm³/mol. The van der Waals surface area contributed by atoms with E-state index < -0.39 is 0 Å². The average molecular weight is 403 g/mol. The van der Waals surface area contributed by atoms with E-state index in [1.807, 2.05) is 18.2 Å². The number of nitrogens with zero attached hydrogens (tertiary/aromatic N) is 1. The highest BCUT2D eigenvalue weighted by molar-refractivity contribution is 9.10. The fourth-order valence-corrected chi connectivity index (χ4v) is 2.97. The molecule has 25 heavy (non-hydrogen) atoms. The van der Waals surface area contributed by atoms with Crippen molar-refractivity contribution < 1.29 is 13.9 Å². The minimum absolute atomic E-state index is 0.0969. The van der Waals surface area contributed by atoms with E-state index in [1.54, 1.807) is 32.2 Å². The van der Waals surface area contributed by atoms with Crippen LogP contribution in [0.15, 0.2) is 46.9 Å². The molecule has 1 aromatic heterocycles. The van der Waals surface area contributed by atoms with Crippen molar-refractivity contribution in [2.75, 3.05) is 7.11 Å². The van der Waals surface area contributed by atoms with E-state index in [1.165, 1.54) is 6.07 Å². The molecule has 6 heteroatoms. The van der Waals surface area contributed by atoms with Crippen LogP contribution in [0.5, 0.6) is 5.75 Å². The third-order valence-electron chi connectivity index (χ3n) is 3.90. The molecule has 1 heterocycles. The number of pyridine rings is 1. The third kappa shape index (κ3) is 3.79. The summed E-state index contributed by atoms with van der Waals surface area (Å²) in [5.41, 5.74) is 2.27. The van der Waals surface area contributed by atoms with Gasteiger partial charge in [-0.1, -0.05) is 15.9 Å². The van der Waals surface area contributed by atoms with Gasteiger partial charge in [-0.2, -0.15) is 0 Å². The van der Waals surface area contributed by atoms with Gasteiger partial charge in [0.05, 0.1) is 23.9 Å². The summed E-state index contributed by atoms with van der Waals surface area (Å²) in [5, 5.41) is 3.56. The van der Waals surface area contributed by atoms with Gasteiger partial charge < -0.3 is 10.1 Å². The van der Waals surface area contributed by atoms with Crippen molar-refractivity contribution in [3.05, 3.63) is 69.6 Å². The van der Waals surface area contributed by atoms with Crippen LogP contribution in [0.1, 0.15) is 21.6 Å². The van der Waals surface area contributed by atoms with Gasteiger partial charge in [-0.25, -0.2) is 4.39 Å². The van der Waals surface area contributed by atoms with Crippen LogP contribution >= 0.6 is 15.9 Å². The summed E-state index contributed by atoms with van der Waals surface area (Å²) in [4.78, 5) is 17.0. The highest BCUT2D eigenvalue weighted by atomic mass is 79.9. The Kier molecular flexibility index (Phi) is 4.99. The molecule has 0 saturated carbocycles. The second-order valence-corrected chi connectivity index (χ2v) is 6.51. The smallest absolute Gasteiger partial charge is 0.253 e. The maximum Gasteiger partial charge on any atom is 0.253 e. The molecule has 3 aromatic rings. The average Bonchev–Trinajstić information content (AvgIpc) is 2.61. The largest absolute Gasteiger partial charge is 0.497 e. The quantitative estimate of drug-likeness (QED) is 0.704. The van der Waals surface area contributed by atoms with Crippen LogP contribution in [0.3, 0.4) is 0 Å². The molecule has 128 valence electrons. The zero-order valence-corrected chi connectivity index (χ0v) is 15.4. The fraction of sp³-hybridized carbons (Fsp3) is 0.158. The Bertz CT molecular complexity index is 960. The number of hydrogen-bond donors (Lipinski definition) is 1. The lowest BCUT2D eigenvalue weighted by molar-refractivity contribution is 0.0949. The summed E-state index contributed by atoms with van der Waals surface area (Å²) in [5.74, 6) is 0.0383. The summed E-state index contributed by atoms with van der Waals surface area (Å²) in [6.07, 6.45) is 0. The number of aryl methyl sites for hydroxylation is 1. The number of carbonyl (C=O) groups excluding carboxylic acids is 1. The molecule has 0 aliphatic rings. The van der Waals surface area contributed by atoms with E-state index in [9.17, 15) is 9.18 Å². The number of rotatable bonds is 4. The first-order valence-corrected chi connectivity index (χ1v) is 8.45. The molecule has 4 nitrogen and oxygen atoms in total. The van der Waals surface area contributed by atoms with Crippen molar-refractivity contribution in [2.24, 2.45) is 0 Å². The molecular weight excluding hydrogens is 387 g/mol. The lowest BCUT2D eigenvalue weighted by Crippen LogP contribution is -2.24. The van der Waals surface area contributed by atoms with Crippen molar-refractivity contribution in [2.45, 2.75) is 13.5 Å². The Morgan fingerprint density at radius 3 is 2.80 bits per heavy atom. The monoisotopic (exact) mass is 402 g/mol. The number of benzene rings is 2. The normalized spacial score (nSPS) is 10.7. The van der Waals surface area contributed by atoms with Crippen molar-refractivity contribution in [3.8, 4) is 5.75 Å². The molecular formula is C19H16BrFN2O2. The van der Waals surface area contributed by atoms with Crippen molar-refractivity contribution >= 4 is 32.7 Å². The Balaban J connectivity index is 1.86. The first kappa shape index (κ1) is 17.4. The SMILES string of the molecule is COc1ccc2nc(C)c(C(=O)NCc3cc(Br)ccc3F)cc2c1. The van der Waals surface area contributed by atoms with Gasteiger partial charge in [0.2, 0.25) is 0 Å². The van der Waals surface area contributed by atoms with E-state index in [4.69, 9.17) is 4.74 Å². The zero-order chi connectivity index (χ0) is 18.0. The molecule has 0 saturated heterocycles. The van der Waals surface area contributed by atoms with Gasteiger partial charge in [0.1, 0.15) is 11.6 Å². The summed E-state index contributed by atoms with van der Waals surface area (Å²) in [6.45, 7) is 1.87. The molecule has 1 N–H and O–H groups in total. The molecule has 1 amide bonds.